The van der Waals surface area contributed by atoms with Gasteiger partial charge in [0.15, 0.2) is 0 Å². The van der Waals surface area contributed by atoms with Gasteiger partial charge in [0.2, 0.25) is 15.8 Å². The quantitative estimate of drug-likeness (QED) is 0.689. The first kappa shape index (κ1) is 18.1. The summed E-state index contributed by atoms with van der Waals surface area (Å²) < 4.78 is 27.1. The Hall–Kier alpha value is -2.32. The van der Waals surface area contributed by atoms with E-state index in [0.29, 0.717) is 24.8 Å². The Morgan fingerprint density at radius 2 is 2.04 bits per heavy atom. The molecule has 0 N–H and O–H groups in total. The zero-order valence-corrected chi connectivity index (χ0v) is 16.1. The van der Waals surface area contributed by atoms with E-state index < -0.39 is 10.0 Å². The number of hydrogen-bond donors (Lipinski definition) is 0. The van der Waals surface area contributed by atoms with Crippen molar-refractivity contribution < 1.29 is 8.42 Å². The van der Waals surface area contributed by atoms with Gasteiger partial charge in [0, 0.05) is 43.4 Å². The van der Waals surface area contributed by atoms with Gasteiger partial charge in [-0.25, -0.2) is 22.7 Å². The fourth-order valence-electron chi connectivity index (χ4n) is 3.79. The summed E-state index contributed by atoms with van der Waals surface area (Å²) in [4.78, 5) is 13.0. The summed E-state index contributed by atoms with van der Waals surface area (Å²) in [5.74, 6) is 1.14. The number of pyridine rings is 1. The summed E-state index contributed by atoms with van der Waals surface area (Å²) in [5.41, 5.74) is 3.15. The summed E-state index contributed by atoms with van der Waals surface area (Å²) in [6.45, 7) is 1.23. The molecule has 3 aromatic rings. The van der Waals surface area contributed by atoms with Crippen LogP contribution in [-0.4, -0.2) is 51.4 Å². The van der Waals surface area contributed by atoms with Crippen molar-refractivity contribution in [2.75, 3.05) is 19.3 Å². The molecule has 4 rings (SSSR count). The van der Waals surface area contributed by atoms with Crippen LogP contribution < -0.4 is 0 Å². The molecule has 0 spiro atoms. The topological polar surface area (TPSA) is 80.5 Å². The van der Waals surface area contributed by atoms with Gasteiger partial charge < -0.3 is 0 Å². The minimum atomic E-state index is -3.10. The van der Waals surface area contributed by atoms with Crippen molar-refractivity contribution in [3.05, 3.63) is 48.7 Å². The number of hydrogen-bond acceptors (Lipinski definition) is 5. The number of imidazole rings is 1. The van der Waals surface area contributed by atoms with Crippen molar-refractivity contribution in [1.29, 1.82) is 0 Å². The van der Waals surface area contributed by atoms with Gasteiger partial charge in [-0.3, -0.25) is 9.38 Å². The lowest BCUT2D eigenvalue weighted by Gasteiger charge is -2.17. The number of nitrogens with zero attached hydrogens (tertiary/aromatic N) is 5. The molecule has 0 aromatic carbocycles. The van der Waals surface area contributed by atoms with Crippen LogP contribution in [0, 0.1) is 5.92 Å². The Morgan fingerprint density at radius 3 is 2.89 bits per heavy atom. The number of sulfonamides is 1. The molecule has 8 heteroatoms. The summed E-state index contributed by atoms with van der Waals surface area (Å²) >= 11 is 0. The Bertz CT molecular complexity index is 1050. The first-order chi connectivity index (χ1) is 13.0. The van der Waals surface area contributed by atoms with Gasteiger partial charge in [0.25, 0.3) is 0 Å². The van der Waals surface area contributed by atoms with Gasteiger partial charge in [0.1, 0.15) is 0 Å². The SMILES string of the molecule is CS(=O)(=O)N1CCC[C@H](Cc2cncc(-c3cnc4ncccn34)c2)CC1. The van der Waals surface area contributed by atoms with E-state index in [1.54, 1.807) is 10.5 Å². The van der Waals surface area contributed by atoms with Gasteiger partial charge in [-0.1, -0.05) is 0 Å². The number of fused-ring (bicyclic) bond motifs is 1. The second kappa shape index (κ2) is 7.36. The van der Waals surface area contributed by atoms with E-state index in [1.807, 2.05) is 35.3 Å². The second-order valence-corrected chi connectivity index (χ2v) is 9.16. The standard InChI is InChI=1S/C19H23N5O2S/c1-27(25,26)23-7-2-4-15(5-9-23)10-16-11-17(13-20-12-16)18-14-22-19-21-6-3-8-24(18)19/h3,6,8,11-15H,2,4-5,7,9-10H2,1H3/t15-/m0/s1. The summed E-state index contributed by atoms with van der Waals surface area (Å²) in [6, 6.07) is 4.04. The molecule has 4 heterocycles. The minimum absolute atomic E-state index is 0.470. The average Bonchev–Trinajstić information content (AvgIpc) is 2.93. The van der Waals surface area contributed by atoms with Crippen LogP contribution in [0.15, 0.2) is 43.1 Å². The van der Waals surface area contributed by atoms with E-state index in [1.165, 1.54) is 11.8 Å². The van der Waals surface area contributed by atoms with E-state index in [4.69, 9.17) is 0 Å². The molecule has 3 aromatic heterocycles. The van der Waals surface area contributed by atoms with Crippen LogP contribution in [0.2, 0.25) is 0 Å². The largest absolute Gasteiger partial charge is 0.284 e. The highest BCUT2D eigenvalue weighted by Gasteiger charge is 2.23. The van der Waals surface area contributed by atoms with Crippen LogP contribution in [0.1, 0.15) is 24.8 Å². The molecule has 1 fully saturated rings. The molecule has 1 aliphatic rings. The third-order valence-electron chi connectivity index (χ3n) is 5.18. The van der Waals surface area contributed by atoms with Gasteiger partial charge in [-0.05, 0) is 49.3 Å². The first-order valence-corrected chi connectivity index (χ1v) is 11.0. The first-order valence-electron chi connectivity index (χ1n) is 9.18. The Morgan fingerprint density at radius 1 is 1.15 bits per heavy atom. The van der Waals surface area contributed by atoms with E-state index in [9.17, 15) is 8.42 Å². The molecule has 1 aliphatic heterocycles. The predicted molar refractivity (Wildman–Crippen MR) is 104 cm³/mol. The molecule has 0 aliphatic carbocycles. The van der Waals surface area contributed by atoms with Gasteiger partial charge in [-0.2, -0.15) is 0 Å². The molecule has 7 nitrogen and oxygen atoms in total. The number of aromatic nitrogens is 4. The lowest BCUT2D eigenvalue weighted by Crippen LogP contribution is -2.30. The second-order valence-electron chi connectivity index (χ2n) is 7.18. The molecule has 27 heavy (non-hydrogen) atoms. The van der Waals surface area contributed by atoms with Gasteiger partial charge in [0.05, 0.1) is 18.1 Å². The Balaban J connectivity index is 1.52. The zero-order valence-electron chi connectivity index (χ0n) is 15.3. The number of rotatable bonds is 4. The molecule has 1 atom stereocenters. The maximum atomic E-state index is 11.8. The lowest BCUT2D eigenvalue weighted by atomic mass is 9.93. The summed E-state index contributed by atoms with van der Waals surface area (Å²) in [6.07, 6.45) is 14.3. The van der Waals surface area contributed by atoms with Crippen LogP contribution in [-0.2, 0) is 16.4 Å². The molecular formula is C19H23N5O2S. The van der Waals surface area contributed by atoms with Crippen molar-refractivity contribution in [3.8, 4) is 11.3 Å². The van der Waals surface area contributed by atoms with Crippen molar-refractivity contribution in [2.45, 2.75) is 25.7 Å². The molecule has 0 amide bonds. The van der Waals surface area contributed by atoms with Gasteiger partial charge >= 0.3 is 0 Å². The highest BCUT2D eigenvalue weighted by atomic mass is 32.2. The summed E-state index contributed by atoms with van der Waals surface area (Å²) in [5, 5.41) is 0. The fourth-order valence-corrected chi connectivity index (χ4v) is 4.69. The van der Waals surface area contributed by atoms with E-state index >= 15 is 0 Å². The summed E-state index contributed by atoms with van der Waals surface area (Å²) in [7, 11) is -3.10. The van der Waals surface area contributed by atoms with Crippen molar-refractivity contribution in [2.24, 2.45) is 5.92 Å². The highest BCUT2D eigenvalue weighted by Crippen LogP contribution is 2.25. The predicted octanol–water partition coefficient (Wildman–Crippen LogP) is 2.40. The van der Waals surface area contributed by atoms with Crippen molar-refractivity contribution in [1.82, 2.24) is 23.7 Å². The highest BCUT2D eigenvalue weighted by molar-refractivity contribution is 7.88. The molecule has 0 bridgehead atoms. The third-order valence-corrected chi connectivity index (χ3v) is 6.48. The smallest absolute Gasteiger partial charge is 0.234 e. The fraction of sp³-hybridized carbons (Fsp3) is 0.421. The maximum Gasteiger partial charge on any atom is 0.234 e. The normalized spacial score (nSPS) is 19.2. The molecule has 142 valence electrons. The van der Waals surface area contributed by atoms with Crippen LogP contribution in [0.25, 0.3) is 17.0 Å². The monoisotopic (exact) mass is 385 g/mol. The molecule has 0 radical (unpaired) electrons. The molecule has 1 saturated heterocycles. The minimum Gasteiger partial charge on any atom is -0.284 e. The van der Waals surface area contributed by atoms with Crippen LogP contribution in [0.3, 0.4) is 0 Å². The van der Waals surface area contributed by atoms with E-state index in [2.05, 4.69) is 21.0 Å². The van der Waals surface area contributed by atoms with Crippen LogP contribution in [0.4, 0.5) is 0 Å². The van der Waals surface area contributed by atoms with Crippen molar-refractivity contribution >= 4 is 15.8 Å². The van der Waals surface area contributed by atoms with Crippen molar-refractivity contribution in [3.63, 3.8) is 0 Å². The zero-order chi connectivity index (χ0) is 18.9. The Labute approximate surface area is 159 Å². The average molecular weight is 385 g/mol. The van der Waals surface area contributed by atoms with Crippen LogP contribution >= 0.6 is 0 Å². The van der Waals surface area contributed by atoms with Crippen LogP contribution in [0.5, 0.6) is 0 Å². The molecular weight excluding hydrogens is 362 g/mol. The van der Waals surface area contributed by atoms with Gasteiger partial charge in [-0.15, -0.1) is 0 Å². The third kappa shape index (κ3) is 4.01. The van der Waals surface area contributed by atoms with E-state index in [-0.39, 0.29) is 0 Å². The maximum absolute atomic E-state index is 11.8. The van der Waals surface area contributed by atoms with E-state index in [0.717, 1.165) is 36.9 Å². The Kier molecular flexibility index (Phi) is 4.92. The lowest BCUT2D eigenvalue weighted by molar-refractivity contribution is 0.413. The molecule has 0 saturated carbocycles. The molecule has 0 unspecified atom stereocenters.